The Balaban J connectivity index is 1.81. The number of carbonyl (C=O) groups excluding carboxylic acids is 1. The molecule has 1 amide bonds. The number of pyridine rings is 1. The van der Waals surface area contributed by atoms with Gasteiger partial charge in [0.15, 0.2) is 11.6 Å². The molecule has 0 radical (unpaired) electrons. The zero-order chi connectivity index (χ0) is 21.5. The molecular formula is C24H22FN3O3. The number of nitrogens with zero attached hydrogens (tertiary/aromatic N) is 2. The molecule has 2 aromatic heterocycles. The van der Waals surface area contributed by atoms with E-state index >= 15 is 0 Å². The molecule has 0 bridgehead atoms. The number of nitrogens with one attached hydrogen (secondary N) is 1. The van der Waals surface area contributed by atoms with E-state index in [1.165, 1.54) is 23.8 Å². The zero-order valence-corrected chi connectivity index (χ0v) is 17.2. The fraction of sp³-hybridized carbons (Fsp3) is 0.250. The molecule has 3 heterocycles. The number of aromatic nitrogens is 2. The maximum atomic E-state index is 14.6. The summed E-state index contributed by atoms with van der Waals surface area (Å²) in [5, 5.41) is 1.40. The minimum absolute atomic E-state index is 0.0291. The lowest BCUT2D eigenvalue weighted by atomic mass is 10.0. The van der Waals surface area contributed by atoms with E-state index in [1.54, 1.807) is 17.3 Å². The lowest BCUT2D eigenvalue weighted by molar-refractivity contribution is 0.0725. The smallest absolute Gasteiger partial charge is 0.263 e. The van der Waals surface area contributed by atoms with Crippen LogP contribution in [0.15, 0.2) is 53.6 Å². The fourth-order valence-electron chi connectivity index (χ4n) is 4.39. The summed E-state index contributed by atoms with van der Waals surface area (Å²) in [6.45, 7) is 1.32. The van der Waals surface area contributed by atoms with Crippen molar-refractivity contribution in [1.82, 2.24) is 14.5 Å². The molecule has 0 atom stereocenters. The van der Waals surface area contributed by atoms with Gasteiger partial charge >= 0.3 is 0 Å². The van der Waals surface area contributed by atoms with E-state index in [0.29, 0.717) is 29.7 Å². The van der Waals surface area contributed by atoms with Crippen LogP contribution in [-0.2, 0) is 0 Å². The van der Waals surface area contributed by atoms with Gasteiger partial charge in [0.25, 0.3) is 11.5 Å². The number of ether oxygens (including phenoxy) is 1. The highest BCUT2D eigenvalue weighted by molar-refractivity contribution is 6.07. The van der Waals surface area contributed by atoms with Crippen LogP contribution in [0.2, 0.25) is 0 Å². The fourth-order valence-corrected chi connectivity index (χ4v) is 4.39. The minimum Gasteiger partial charge on any atom is -0.494 e. The van der Waals surface area contributed by atoms with Gasteiger partial charge in [-0.05, 0) is 49.6 Å². The Morgan fingerprint density at radius 2 is 1.87 bits per heavy atom. The highest BCUT2D eigenvalue weighted by Crippen LogP contribution is 2.28. The number of fused-ring (bicyclic) bond motifs is 2. The molecule has 1 fully saturated rings. The number of H-pyrrole nitrogens is 1. The van der Waals surface area contributed by atoms with Crippen LogP contribution in [-0.4, -0.2) is 40.6 Å². The van der Waals surface area contributed by atoms with Crippen LogP contribution < -0.4 is 10.3 Å². The number of amides is 1. The van der Waals surface area contributed by atoms with Crippen molar-refractivity contribution in [2.45, 2.75) is 19.3 Å². The number of hydrogen-bond donors (Lipinski definition) is 1. The van der Waals surface area contributed by atoms with Gasteiger partial charge in [0, 0.05) is 41.8 Å². The Kier molecular flexibility index (Phi) is 4.73. The first-order chi connectivity index (χ1) is 15.1. The molecule has 158 valence electrons. The van der Waals surface area contributed by atoms with Gasteiger partial charge in [-0.25, -0.2) is 4.39 Å². The van der Waals surface area contributed by atoms with Crippen LogP contribution in [0.1, 0.15) is 29.6 Å². The van der Waals surface area contributed by atoms with Crippen molar-refractivity contribution in [3.05, 3.63) is 70.5 Å². The Hall–Kier alpha value is -3.61. The molecule has 0 unspecified atom stereocenters. The van der Waals surface area contributed by atoms with Crippen molar-refractivity contribution in [3.63, 3.8) is 0 Å². The number of carbonyl (C=O) groups is 1. The number of halogens is 1. The Bertz CT molecular complexity index is 1370. The summed E-state index contributed by atoms with van der Waals surface area (Å²) in [5.74, 6) is -0.824. The van der Waals surface area contributed by atoms with Gasteiger partial charge in [-0.15, -0.1) is 0 Å². The molecule has 5 rings (SSSR count). The molecule has 1 N–H and O–H groups in total. The molecule has 31 heavy (non-hydrogen) atoms. The largest absolute Gasteiger partial charge is 0.494 e. The molecule has 0 saturated carbocycles. The van der Waals surface area contributed by atoms with Crippen molar-refractivity contribution in [1.29, 1.82) is 0 Å². The van der Waals surface area contributed by atoms with E-state index in [-0.39, 0.29) is 22.6 Å². The molecule has 1 aliphatic heterocycles. The molecule has 7 heteroatoms. The van der Waals surface area contributed by atoms with E-state index in [4.69, 9.17) is 4.74 Å². The van der Waals surface area contributed by atoms with Gasteiger partial charge in [0.05, 0.1) is 23.7 Å². The van der Waals surface area contributed by atoms with Crippen LogP contribution in [0.3, 0.4) is 0 Å². The second-order valence-corrected chi connectivity index (χ2v) is 7.82. The van der Waals surface area contributed by atoms with Gasteiger partial charge in [-0.3, -0.25) is 14.2 Å². The quantitative estimate of drug-likeness (QED) is 0.540. The molecule has 2 aromatic carbocycles. The Labute approximate surface area is 177 Å². The van der Waals surface area contributed by atoms with Gasteiger partial charge < -0.3 is 14.6 Å². The van der Waals surface area contributed by atoms with Crippen molar-refractivity contribution < 1.29 is 13.9 Å². The summed E-state index contributed by atoms with van der Waals surface area (Å²) >= 11 is 0. The normalized spacial score (nSPS) is 14.3. The average Bonchev–Trinajstić information content (AvgIpc) is 3.28. The highest BCUT2D eigenvalue weighted by atomic mass is 19.1. The van der Waals surface area contributed by atoms with Crippen LogP contribution in [0.4, 0.5) is 4.39 Å². The molecule has 0 spiro atoms. The van der Waals surface area contributed by atoms with Crippen LogP contribution in [0.5, 0.6) is 5.75 Å². The molecule has 1 saturated heterocycles. The lowest BCUT2D eigenvalue weighted by Gasteiger charge is -2.27. The SMILES string of the molecule is COc1cc2c(=O)n(-c3cccc4[nH]ccc34)cc(C(=O)N3CCCCC3)c2cc1F. The van der Waals surface area contributed by atoms with E-state index in [9.17, 15) is 14.0 Å². The third-order valence-electron chi connectivity index (χ3n) is 5.99. The first kappa shape index (κ1) is 19.4. The van der Waals surface area contributed by atoms with Crippen molar-refractivity contribution >= 4 is 27.6 Å². The minimum atomic E-state index is -0.604. The number of aromatic amines is 1. The molecule has 6 nitrogen and oxygen atoms in total. The maximum absolute atomic E-state index is 14.6. The monoisotopic (exact) mass is 419 g/mol. The first-order valence-electron chi connectivity index (χ1n) is 10.4. The van der Waals surface area contributed by atoms with Gasteiger partial charge in [0.2, 0.25) is 0 Å². The number of piperidine rings is 1. The summed E-state index contributed by atoms with van der Waals surface area (Å²) in [6.07, 6.45) is 6.32. The van der Waals surface area contributed by atoms with Gasteiger partial charge in [-0.2, -0.15) is 0 Å². The molecule has 1 aliphatic rings. The van der Waals surface area contributed by atoms with Gasteiger partial charge in [-0.1, -0.05) is 6.07 Å². The summed E-state index contributed by atoms with van der Waals surface area (Å²) < 4.78 is 21.1. The van der Waals surface area contributed by atoms with Crippen molar-refractivity contribution in [3.8, 4) is 11.4 Å². The van der Waals surface area contributed by atoms with E-state index < -0.39 is 5.82 Å². The Morgan fingerprint density at radius 1 is 1.06 bits per heavy atom. The van der Waals surface area contributed by atoms with Crippen molar-refractivity contribution in [2.24, 2.45) is 0 Å². The number of likely N-dealkylation sites (tertiary alicyclic amines) is 1. The number of methoxy groups -OCH3 is 1. The Morgan fingerprint density at radius 3 is 2.65 bits per heavy atom. The number of rotatable bonds is 3. The number of benzene rings is 2. The predicted octanol–water partition coefficient (Wildman–Crippen LogP) is 4.25. The van der Waals surface area contributed by atoms with Crippen LogP contribution in [0, 0.1) is 5.82 Å². The average molecular weight is 419 g/mol. The molecular weight excluding hydrogens is 397 g/mol. The van der Waals surface area contributed by atoms with E-state index in [1.807, 2.05) is 24.3 Å². The third-order valence-corrected chi connectivity index (χ3v) is 5.99. The standard InChI is InChI=1S/C24H22FN3O3/c1-31-22-13-17-16(12-19(22)25)18(23(29)27-10-3-2-4-11-27)14-28(24(17)30)21-7-5-6-20-15(21)8-9-26-20/h5-9,12-14,26H,2-4,10-11H2,1H3. The van der Waals surface area contributed by atoms with Crippen LogP contribution >= 0.6 is 0 Å². The third kappa shape index (κ3) is 3.17. The van der Waals surface area contributed by atoms with E-state index in [0.717, 1.165) is 30.2 Å². The molecule has 4 aromatic rings. The van der Waals surface area contributed by atoms with Crippen LogP contribution in [0.25, 0.3) is 27.4 Å². The summed E-state index contributed by atoms with van der Waals surface area (Å²) in [4.78, 5) is 31.8. The second-order valence-electron chi connectivity index (χ2n) is 7.82. The maximum Gasteiger partial charge on any atom is 0.263 e. The summed E-state index contributed by atoms with van der Waals surface area (Å²) in [6, 6.07) is 10.1. The topological polar surface area (TPSA) is 67.3 Å². The summed E-state index contributed by atoms with van der Waals surface area (Å²) in [7, 11) is 1.35. The highest BCUT2D eigenvalue weighted by Gasteiger charge is 2.24. The summed E-state index contributed by atoms with van der Waals surface area (Å²) in [5.41, 5.74) is 1.51. The van der Waals surface area contributed by atoms with Crippen molar-refractivity contribution in [2.75, 3.05) is 20.2 Å². The number of hydrogen-bond acceptors (Lipinski definition) is 3. The van der Waals surface area contributed by atoms with Gasteiger partial charge in [0.1, 0.15) is 0 Å². The lowest BCUT2D eigenvalue weighted by Crippen LogP contribution is -2.36. The second kappa shape index (κ2) is 7.58. The molecule has 0 aliphatic carbocycles. The zero-order valence-electron chi connectivity index (χ0n) is 17.2. The first-order valence-corrected chi connectivity index (χ1v) is 10.4. The predicted molar refractivity (Wildman–Crippen MR) is 118 cm³/mol. The van der Waals surface area contributed by atoms with E-state index in [2.05, 4.69) is 4.98 Å².